The molecule has 0 atom stereocenters. The summed E-state index contributed by atoms with van der Waals surface area (Å²) in [7, 11) is 0. The van der Waals surface area contributed by atoms with Gasteiger partial charge in [-0.15, -0.1) is 0 Å². The summed E-state index contributed by atoms with van der Waals surface area (Å²) in [5, 5.41) is 1.64. The molecular formula is C14H12N2O. The van der Waals surface area contributed by atoms with Crippen molar-refractivity contribution in [3.63, 3.8) is 0 Å². The lowest BCUT2D eigenvalue weighted by Crippen LogP contribution is -2.41. The van der Waals surface area contributed by atoms with Crippen LogP contribution in [0.25, 0.3) is 23.2 Å². The first-order valence-electron chi connectivity index (χ1n) is 5.62. The van der Waals surface area contributed by atoms with Gasteiger partial charge in [0.2, 0.25) is 0 Å². The van der Waals surface area contributed by atoms with Crippen molar-refractivity contribution in [3.8, 4) is 0 Å². The zero-order valence-corrected chi connectivity index (χ0v) is 9.53. The maximum absolute atomic E-state index is 12.0. The summed E-state index contributed by atoms with van der Waals surface area (Å²) in [6.07, 6.45) is 8.69. The Balaban J connectivity index is 2.65. The maximum atomic E-state index is 12.0. The van der Waals surface area contributed by atoms with Crippen LogP contribution >= 0.6 is 0 Å². The summed E-state index contributed by atoms with van der Waals surface area (Å²) in [6, 6.07) is 3.81. The van der Waals surface area contributed by atoms with Crippen molar-refractivity contribution in [3.05, 3.63) is 50.8 Å². The number of allylic oxidation sites excluding steroid dienone is 2. The Morgan fingerprint density at radius 2 is 2.18 bits per heavy atom. The van der Waals surface area contributed by atoms with Crippen molar-refractivity contribution >= 4 is 23.2 Å². The third-order valence-electron chi connectivity index (χ3n) is 2.93. The van der Waals surface area contributed by atoms with Gasteiger partial charge in [0.1, 0.15) is 0 Å². The number of aryl methyl sites for hydroxylation is 1. The summed E-state index contributed by atoms with van der Waals surface area (Å²) in [5.74, 6) is 0. The van der Waals surface area contributed by atoms with Crippen LogP contribution in [-0.2, 0) is 0 Å². The summed E-state index contributed by atoms with van der Waals surface area (Å²) in [6.45, 7) is 1.95. The largest absolute Gasteiger partial charge is 0.320 e. The average Bonchev–Trinajstić information content (AvgIpc) is 2.56. The molecule has 0 aliphatic heterocycles. The topological polar surface area (TPSA) is 45.8 Å². The van der Waals surface area contributed by atoms with Crippen molar-refractivity contribution in [2.45, 2.75) is 13.3 Å². The third-order valence-corrected chi connectivity index (χ3v) is 2.93. The SMILES string of the molecule is Cc1ccc2[nH]c(=O)c3c(c2n1)=CC=CCC=3. The molecule has 2 aromatic heterocycles. The van der Waals surface area contributed by atoms with Gasteiger partial charge in [-0.3, -0.25) is 9.78 Å². The van der Waals surface area contributed by atoms with Gasteiger partial charge in [-0.25, -0.2) is 0 Å². The van der Waals surface area contributed by atoms with E-state index >= 15 is 0 Å². The number of hydrogen-bond acceptors (Lipinski definition) is 2. The van der Waals surface area contributed by atoms with E-state index in [1.807, 2.05) is 43.4 Å². The molecule has 0 saturated heterocycles. The molecule has 3 nitrogen and oxygen atoms in total. The van der Waals surface area contributed by atoms with Crippen LogP contribution in [0.15, 0.2) is 29.1 Å². The molecule has 2 heterocycles. The highest BCUT2D eigenvalue weighted by molar-refractivity contribution is 5.76. The van der Waals surface area contributed by atoms with Crippen molar-refractivity contribution in [2.24, 2.45) is 0 Å². The zero-order valence-electron chi connectivity index (χ0n) is 9.53. The molecule has 0 saturated carbocycles. The fraction of sp³-hybridized carbons (Fsp3) is 0.143. The Morgan fingerprint density at radius 3 is 3.06 bits per heavy atom. The predicted molar refractivity (Wildman–Crippen MR) is 69.0 cm³/mol. The fourth-order valence-corrected chi connectivity index (χ4v) is 2.10. The number of pyridine rings is 2. The van der Waals surface area contributed by atoms with E-state index in [0.29, 0.717) is 0 Å². The van der Waals surface area contributed by atoms with E-state index in [2.05, 4.69) is 9.97 Å². The average molecular weight is 224 g/mol. The minimum atomic E-state index is -0.0434. The highest BCUT2D eigenvalue weighted by Crippen LogP contribution is 2.03. The van der Waals surface area contributed by atoms with Gasteiger partial charge in [0.05, 0.1) is 11.0 Å². The van der Waals surface area contributed by atoms with Crippen LogP contribution in [0, 0.1) is 6.92 Å². The second-order valence-electron chi connectivity index (χ2n) is 4.16. The van der Waals surface area contributed by atoms with E-state index in [9.17, 15) is 4.79 Å². The van der Waals surface area contributed by atoms with Gasteiger partial charge >= 0.3 is 0 Å². The van der Waals surface area contributed by atoms with Crippen LogP contribution in [0.5, 0.6) is 0 Å². The highest BCUT2D eigenvalue weighted by atomic mass is 16.1. The molecule has 0 radical (unpaired) electrons. The molecule has 3 heteroatoms. The lowest BCUT2D eigenvalue weighted by atomic mass is 10.2. The maximum Gasteiger partial charge on any atom is 0.256 e. The van der Waals surface area contributed by atoms with Gasteiger partial charge in [0.15, 0.2) is 0 Å². The number of aromatic nitrogens is 2. The normalized spacial score (nSPS) is 13.7. The van der Waals surface area contributed by atoms with E-state index in [0.717, 1.165) is 33.6 Å². The first-order chi connectivity index (χ1) is 8.25. The molecule has 0 bridgehead atoms. The van der Waals surface area contributed by atoms with Gasteiger partial charge < -0.3 is 4.98 Å². The molecule has 0 amide bonds. The Morgan fingerprint density at radius 1 is 1.29 bits per heavy atom. The second-order valence-corrected chi connectivity index (χ2v) is 4.16. The first-order valence-corrected chi connectivity index (χ1v) is 5.62. The molecule has 1 N–H and O–H groups in total. The molecule has 1 aliphatic carbocycles. The number of rotatable bonds is 0. The minimum Gasteiger partial charge on any atom is -0.320 e. The molecule has 2 aromatic rings. The van der Waals surface area contributed by atoms with E-state index in [1.54, 1.807) is 0 Å². The number of aromatic amines is 1. The van der Waals surface area contributed by atoms with Crippen LogP contribution in [0.2, 0.25) is 0 Å². The van der Waals surface area contributed by atoms with E-state index in [1.165, 1.54) is 0 Å². The first kappa shape index (κ1) is 10.0. The number of fused-ring (bicyclic) bond motifs is 3. The summed E-state index contributed by atoms with van der Waals surface area (Å²) in [5.41, 5.74) is 2.56. The summed E-state index contributed by atoms with van der Waals surface area (Å²) < 4.78 is 0. The van der Waals surface area contributed by atoms with Crippen molar-refractivity contribution in [2.75, 3.05) is 0 Å². The fourth-order valence-electron chi connectivity index (χ4n) is 2.10. The molecule has 0 aromatic carbocycles. The number of H-pyrrole nitrogens is 1. The molecule has 1 aliphatic rings. The lowest BCUT2D eigenvalue weighted by Gasteiger charge is -2.00. The molecular weight excluding hydrogens is 212 g/mol. The number of nitrogens with zero attached hydrogens (tertiary/aromatic N) is 1. The van der Waals surface area contributed by atoms with Gasteiger partial charge in [-0.05, 0) is 25.5 Å². The van der Waals surface area contributed by atoms with E-state index in [-0.39, 0.29) is 5.56 Å². The second kappa shape index (κ2) is 3.70. The van der Waals surface area contributed by atoms with Gasteiger partial charge in [0.25, 0.3) is 5.56 Å². The van der Waals surface area contributed by atoms with E-state index in [4.69, 9.17) is 0 Å². The third kappa shape index (κ3) is 1.60. The van der Waals surface area contributed by atoms with Crippen LogP contribution in [0.3, 0.4) is 0 Å². The minimum absolute atomic E-state index is 0.0434. The van der Waals surface area contributed by atoms with Crippen LogP contribution < -0.4 is 16.0 Å². The van der Waals surface area contributed by atoms with Crippen LogP contribution in [-0.4, -0.2) is 9.97 Å². The van der Waals surface area contributed by atoms with Gasteiger partial charge in [0, 0.05) is 16.1 Å². The molecule has 3 rings (SSSR count). The molecule has 0 fully saturated rings. The van der Waals surface area contributed by atoms with Crippen LogP contribution in [0.1, 0.15) is 12.1 Å². The highest BCUT2D eigenvalue weighted by Gasteiger charge is 2.03. The van der Waals surface area contributed by atoms with Gasteiger partial charge in [-0.1, -0.05) is 24.3 Å². The standard InChI is InChI=1S/C14H12N2O/c1-9-7-8-12-13(15-9)10-5-3-2-4-6-11(10)14(17)16-12/h2-3,5-8H,4H2,1H3,(H,16,17). The van der Waals surface area contributed by atoms with E-state index < -0.39 is 0 Å². The summed E-state index contributed by atoms with van der Waals surface area (Å²) in [4.78, 5) is 19.3. The Labute approximate surface area is 97.8 Å². The summed E-state index contributed by atoms with van der Waals surface area (Å²) >= 11 is 0. The van der Waals surface area contributed by atoms with Crippen LogP contribution in [0.4, 0.5) is 0 Å². The zero-order chi connectivity index (χ0) is 11.8. The Kier molecular flexibility index (Phi) is 2.18. The van der Waals surface area contributed by atoms with Crippen molar-refractivity contribution < 1.29 is 0 Å². The van der Waals surface area contributed by atoms with Gasteiger partial charge in [-0.2, -0.15) is 0 Å². The molecule has 0 unspecified atom stereocenters. The van der Waals surface area contributed by atoms with Crippen molar-refractivity contribution in [1.29, 1.82) is 0 Å². The Bertz CT molecular complexity index is 797. The molecule has 17 heavy (non-hydrogen) atoms. The van der Waals surface area contributed by atoms with Crippen molar-refractivity contribution in [1.82, 2.24) is 9.97 Å². The molecule has 0 spiro atoms. The smallest absolute Gasteiger partial charge is 0.256 e. The lowest BCUT2D eigenvalue weighted by molar-refractivity contribution is 1.18. The number of hydrogen-bond donors (Lipinski definition) is 1. The predicted octanol–water partition coefficient (Wildman–Crippen LogP) is 0.752. The quantitative estimate of drug-likeness (QED) is 0.718. The molecule has 84 valence electrons. The Hall–Kier alpha value is -2.16. The monoisotopic (exact) mass is 224 g/mol. The number of nitrogens with one attached hydrogen (secondary N) is 1.